The second-order valence-electron chi connectivity index (χ2n) is 7.22. The highest BCUT2D eigenvalue weighted by molar-refractivity contribution is 5.98. The Bertz CT molecular complexity index is 1020. The summed E-state index contributed by atoms with van der Waals surface area (Å²) in [6, 6.07) is 15.5. The molecule has 2 heterocycles. The summed E-state index contributed by atoms with van der Waals surface area (Å²) < 4.78 is 10.7. The first-order valence-corrected chi connectivity index (χ1v) is 9.80. The van der Waals surface area contributed by atoms with E-state index in [9.17, 15) is 4.79 Å². The number of benzene rings is 2. The monoisotopic (exact) mass is 391 g/mol. The van der Waals surface area contributed by atoms with E-state index in [-0.39, 0.29) is 11.9 Å². The number of ether oxygens (including phenoxy) is 2. The van der Waals surface area contributed by atoms with Crippen LogP contribution in [0, 0.1) is 0 Å². The Morgan fingerprint density at radius 3 is 2.79 bits per heavy atom. The molecule has 1 amide bonds. The van der Waals surface area contributed by atoms with Crippen LogP contribution < -0.4 is 14.8 Å². The van der Waals surface area contributed by atoms with Crippen molar-refractivity contribution in [2.45, 2.75) is 18.9 Å². The number of nitrogens with zero attached hydrogens (tertiary/aromatic N) is 2. The van der Waals surface area contributed by atoms with Gasteiger partial charge in [0.15, 0.2) is 11.5 Å². The Morgan fingerprint density at radius 2 is 1.97 bits per heavy atom. The molecule has 1 N–H and O–H groups in total. The lowest BCUT2D eigenvalue weighted by molar-refractivity contribution is 0.0715. The van der Waals surface area contributed by atoms with E-state index < -0.39 is 0 Å². The minimum atomic E-state index is 0.0644. The third-order valence-corrected chi connectivity index (χ3v) is 5.31. The van der Waals surface area contributed by atoms with Crippen molar-refractivity contribution < 1.29 is 14.3 Å². The van der Waals surface area contributed by atoms with Crippen LogP contribution in [0.3, 0.4) is 0 Å². The molecule has 0 bridgehead atoms. The fourth-order valence-electron chi connectivity index (χ4n) is 3.83. The van der Waals surface area contributed by atoms with Crippen molar-refractivity contribution in [1.29, 1.82) is 0 Å². The number of piperidine rings is 1. The highest BCUT2D eigenvalue weighted by Gasteiger charge is 2.25. The van der Waals surface area contributed by atoms with E-state index >= 15 is 0 Å². The van der Waals surface area contributed by atoms with Gasteiger partial charge >= 0.3 is 0 Å². The number of rotatable bonds is 5. The Morgan fingerprint density at radius 1 is 1.10 bits per heavy atom. The van der Waals surface area contributed by atoms with Gasteiger partial charge in [0.1, 0.15) is 0 Å². The molecule has 1 unspecified atom stereocenters. The first-order chi connectivity index (χ1) is 14.2. The third-order valence-electron chi connectivity index (χ3n) is 5.31. The van der Waals surface area contributed by atoms with Gasteiger partial charge in [-0.3, -0.25) is 9.78 Å². The van der Waals surface area contributed by atoms with Crippen LogP contribution in [-0.4, -0.2) is 49.1 Å². The maximum Gasteiger partial charge on any atom is 0.253 e. The van der Waals surface area contributed by atoms with E-state index in [0.717, 1.165) is 36.0 Å². The summed E-state index contributed by atoms with van der Waals surface area (Å²) in [6.07, 6.45) is 3.74. The lowest BCUT2D eigenvalue weighted by atomic mass is 10.0. The van der Waals surface area contributed by atoms with Gasteiger partial charge in [0.05, 0.1) is 19.7 Å². The number of hydrogen-bond donors (Lipinski definition) is 1. The average Bonchev–Trinajstić information content (AvgIpc) is 2.78. The quantitative estimate of drug-likeness (QED) is 0.713. The van der Waals surface area contributed by atoms with E-state index in [4.69, 9.17) is 9.47 Å². The molecule has 6 heteroatoms. The number of likely N-dealkylation sites (tertiary alicyclic amines) is 1. The smallest absolute Gasteiger partial charge is 0.253 e. The largest absolute Gasteiger partial charge is 0.493 e. The topological polar surface area (TPSA) is 63.7 Å². The van der Waals surface area contributed by atoms with Gasteiger partial charge in [-0.2, -0.15) is 0 Å². The molecule has 150 valence electrons. The van der Waals surface area contributed by atoms with Gasteiger partial charge in [0.2, 0.25) is 0 Å². The normalized spacial score (nSPS) is 16.5. The van der Waals surface area contributed by atoms with Gasteiger partial charge in [0, 0.05) is 48.0 Å². The Hall–Kier alpha value is -3.28. The minimum Gasteiger partial charge on any atom is -0.493 e. The van der Waals surface area contributed by atoms with E-state index in [2.05, 4.69) is 10.3 Å². The first kappa shape index (κ1) is 19.1. The van der Waals surface area contributed by atoms with Crippen LogP contribution in [0.15, 0.2) is 54.7 Å². The number of anilines is 1. The molecule has 1 aromatic heterocycles. The molecule has 0 radical (unpaired) electrons. The molecule has 1 fully saturated rings. The Balaban J connectivity index is 1.46. The van der Waals surface area contributed by atoms with Gasteiger partial charge in [-0.15, -0.1) is 0 Å². The van der Waals surface area contributed by atoms with Crippen molar-refractivity contribution in [2.75, 3.05) is 32.6 Å². The number of carbonyl (C=O) groups excluding carboxylic acids is 1. The zero-order valence-electron chi connectivity index (χ0n) is 16.7. The molecular weight excluding hydrogens is 366 g/mol. The molecule has 1 saturated heterocycles. The van der Waals surface area contributed by atoms with Crippen molar-refractivity contribution in [3.63, 3.8) is 0 Å². The molecule has 29 heavy (non-hydrogen) atoms. The molecular formula is C23H25N3O3. The average molecular weight is 391 g/mol. The van der Waals surface area contributed by atoms with Crippen molar-refractivity contribution >= 4 is 22.5 Å². The number of hydrogen-bond acceptors (Lipinski definition) is 5. The molecule has 3 aromatic rings. The zero-order chi connectivity index (χ0) is 20.2. The Kier molecular flexibility index (Phi) is 5.51. The second-order valence-corrected chi connectivity index (χ2v) is 7.22. The summed E-state index contributed by atoms with van der Waals surface area (Å²) in [4.78, 5) is 19.3. The third kappa shape index (κ3) is 4.11. The number of amides is 1. The van der Waals surface area contributed by atoms with Crippen molar-refractivity contribution in [1.82, 2.24) is 9.88 Å². The molecule has 0 saturated carbocycles. The number of methoxy groups -OCH3 is 2. The molecule has 1 aliphatic rings. The predicted molar refractivity (Wildman–Crippen MR) is 114 cm³/mol. The maximum absolute atomic E-state index is 13.1. The van der Waals surface area contributed by atoms with Gasteiger partial charge in [-0.25, -0.2) is 0 Å². The number of pyridine rings is 1. The summed E-state index contributed by atoms with van der Waals surface area (Å²) in [5.41, 5.74) is 2.56. The summed E-state index contributed by atoms with van der Waals surface area (Å²) >= 11 is 0. The summed E-state index contributed by atoms with van der Waals surface area (Å²) in [7, 11) is 3.25. The summed E-state index contributed by atoms with van der Waals surface area (Å²) in [5.74, 6) is 1.45. The number of carbonyl (C=O) groups is 1. The molecule has 6 nitrogen and oxygen atoms in total. The van der Waals surface area contributed by atoms with E-state index in [0.29, 0.717) is 23.6 Å². The fraction of sp³-hybridized carbons (Fsp3) is 0.304. The van der Waals surface area contributed by atoms with Crippen molar-refractivity contribution in [2.24, 2.45) is 0 Å². The summed E-state index contributed by atoms with van der Waals surface area (Å²) in [6.45, 7) is 1.44. The van der Waals surface area contributed by atoms with Gasteiger partial charge in [-0.05, 0) is 49.2 Å². The highest BCUT2D eigenvalue weighted by atomic mass is 16.5. The van der Waals surface area contributed by atoms with Crippen LogP contribution in [-0.2, 0) is 0 Å². The SMILES string of the molecule is COc1ccc(NC2CCCN(C(=O)c3ccc4ncccc4c3)C2)cc1OC. The zero-order valence-corrected chi connectivity index (χ0v) is 16.7. The van der Waals surface area contributed by atoms with Crippen molar-refractivity contribution in [3.8, 4) is 11.5 Å². The first-order valence-electron chi connectivity index (χ1n) is 9.80. The van der Waals surface area contributed by atoms with Crippen LogP contribution >= 0.6 is 0 Å². The lowest BCUT2D eigenvalue weighted by Crippen LogP contribution is -2.45. The van der Waals surface area contributed by atoms with E-state index in [1.54, 1.807) is 20.4 Å². The number of aromatic nitrogens is 1. The maximum atomic E-state index is 13.1. The number of nitrogens with one attached hydrogen (secondary N) is 1. The van der Waals surface area contributed by atoms with Gasteiger partial charge in [-0.1, -0.05) is 6.07 Å². The van der Waals surface area contributed by atoms with Crippen LogP contribution in [0.5, 0.6) is 11.5 Å². The van der Waals surface area contributed by atoms with Gasteiger partial charge < -0.3 is 19.7 Å². The molecule has 1 atom stereocenters. The standard InChI is InChI=1S/C23H25N3O3/c1-28-21-10-8-18(14-22(21)29-2)25-19-6-4-12-26(15-19)23(27)17-7-9-20-16(13-17)5-3-11-24-20/h3,5,7-11,13-14,19,25H,4,6,12,15H2,1-2H3. The molecule has 4 rings (SSSR count). The molecule has 1 aliphatic heterocycles. The van der Waals surface area contributed by atoms with Crippen LogP contribution in [0.4, 0.5) is 5.69 Å². The van der Waals surface area contributed by atoms with E-state index in [1.165, 1.54) is 0 Å². The van der Waals surface area contributed by atoms with Crippen LogP contribution in [0.2, 0.25) is 0 Å². The van der Waals surface area contributed by atoms with Crippen molar-refractivity contribution in [3.05, 3.63) is 60.3 Å². The molecule has 0 spiro atoms. The molecule has 2 aromatic carbocycles. The Labute approximate surface area is 170 Å². The van der Waals surface area contributed by atoms with Gasteiger partial charge in [0.25, 0.3) is 5.91 Å². The van der Waals surface area contributed by atoms with Crippen LogP contribution in [0.1, 0.15) is 23.2 Å². The minimum absolute atomic E-state index is 0.0644. The highest BCUT2D eigenvalue weighted by Crippen LogP contribution is 2.30. The molecule has 0 aliphatic carbocycles. The predicted octanol–water partition coefficient (Wildman–Crippen LogP) is 3.97. The number of fused-ring (bicyclic) bond motifs is 1. The lowest BCUT2D eigenvalue weighted by Gasteiger charge is -2.34. The van der Waals surface area contributed by atoms with E-state index in [1.807, 2.05) is 53.4 Å². The van der Waals surface area contributed by atoms with Crippen LogP contribution in [0.25, 0.3) is 10.9 Å². The second kappa shape index (κ2) is 8.39. The summed E-state index contributed by atoms with van der Waals surface area (Å²) in [5, 5.41) is 4.52. The fourth-order valence-corrected chi connectivity index (χ4v) is 3.83.